The number of nitrogen functional groups attached to an aromatic ring is 1. The van der Waals surface area contributed by atoms with E-state index in [1.54, 1.807) is 0 Å². The van der Waals surface area contributed by atoms with Gasteiger partial charge in [-0.1, -0.05) is 30.3 Å². The van der Waals surface area contributed by atoms with Crippen LogP contribution in [0.3, 0.4) is 0 Å². The average Bonchev–Trinajstić information content (AvgIpc) is 2.96. The molecule has 1 aromatic heterocycles. The topological polar surface area (TPSA) is 56.3 Å². The SMILES string of the molecule is Nc1cc(CN2CCOc3ccccc32)n(-c2ccccc2)n1. The summed E-state index contributed by atoms with van der Waals surface area (Å²) in [4.78, 5) is 2.30. The number of ether oxygens (including phenoxy) is 1. The van der Waals surface area contributed by atoms with Crippen LogP contribution in [0, 0.1) is 0 Å². The number of fused-ring (bicyclic) bond motifs is 1. The highest BCUT2D eigenvalue weighted by atomic mass is 16.5. The van der Waals surface area contributed by atoms with Gasteiger partial charge < -0.3 is 15.4 Å². The van der Waals surface area contributed by atoms with Crippen LogP contribution in [0.4, 0.5) is 11.5 Å². The smallest absolute Gasteiger partial charge is 0.146 e. The van der Waals surface area contributed by atoms with Gasteiger partial charge in [0.25, 0.3) is 0 Å². The molecule has 0 saturated carbocycles. The van der Waals surface area contributed by atoms with Crippen LogP contribution in [0.2, 0.25) is 0 Å². The second kappa shape index (κ2) is 5.68. The van der Waals surface area contributed by atoms with Crippen molar-refractivity contribution in [2.45, 2.75) is 6.54 Å². The van der Waals surface area contributed by atoms with Crippen LogP contribution < -0.4 is 15.4 Å². The van der Waals surface area contributed by atoms with Crippen molar-refractivity contribution in [3.8, 4) is 11.4 Å². The minimum atomic E-state index is 0.533. The van der Waals surface area contributed by atoms with Gasteiger partial charge in [-0.15, -0.1) is 0 Å². The van der Waals surface area contributed by atoms with Gasteiger partial charge in [-0.25, -0.2) is 4.68 Å². The maximum absolute atomic E-state index is 5.94. The predicted molar refractivity (Wildman–Crippen MR) is 91.0 cm³/mol. The van der Waals surface area contributed by atoms with E-state index in [9.17, 15) is 0 Å². The van der Waals surface area contributed by atoms with Gasteiger partial charge in [0.1, 0.15) is 18.2 Å². The molecular formula is C18H18N4O. The average molecular weight is 306 g/mol. The van der Waals surface area contributed by atoms with Crippen molar-refractivity contribution >= 4 is 11.5 Å². The molecule has 0 aliphatic carbocycles. The number of para-hydroxylation sites is 3. The molecule has 2 N–H and O–H groups in total. The van der Waals surface area contributed by atoms with Gasteiger partial charge in [0.15, 0.2) is 0 Å². The molecule has 1 aliphatic heterocycles. The zero-order valence-electron chi connectivity index (χ0n) is 12.7. The van der Waals surface area contributed by atoms with Gasteiger partial charge in [0.2, 0.25) is 0 Å². The van der Waals surface area contributed by atoms with Gasteiger partial charge in [0.05, 0.1) is 30.2 Å². The van der Waals surface area contributed by atoms with E-state index in [1.165, 1.54) is 0 Å². The summed E-state index contributed by atoms with van der Waals surface area (Å²) in [6, 6.07) is 20.1. The highest BCUT2D eigenvalue weighted by Crippen LogP contribution is 2.32. The third-order valence-corrected chi connectivity index (χ3v) is 3.98. The summed E-state index contributed by atoms with van der Waals surface area (Å²) >= 11 is 0. The van der Waals surface area contributed by atoms with Crippen molar-refractivity contribution in [1.29, 1.82) is 0 Å². The fourth-order valence-electron chi connectivity index (χ4n) is 2.93. The largest absolute Gasteiger partial charge is 0.490 e. The fourth-order valence-corrected chi connectivity index (χ4v) is 2.93. The first-order valence-corrected chi connectivity index (χ1v) is 7.68. The summed E-state index contributed by atoms with van der Waals surface area (Å²) in [7, 11) is 0. The molecule has 5 nitrogen and oxygen atoms in total. The Hall–Kier alpha value is -2.95. The standard InChI is InChI=1S/C18H18N4O/c19-18-12-15(22(20-18)14-6-2-1-3-7-14)13-21-10-11-23-17-9-5-4-8-16(17)21/h1-9,12H,10-11,13H2,(H2,19,20). The Balaban J connectivity index is 1.68. The number of aromatic nitrogens is 2. The molecule has 1 aliphatic rings. The summed E-state index contributed by atoms with van der Waals surface area (Å²) in [6.45, 7) is 2.27. The Kier molecular flexibility index (Phi) is 3.38. The first-order chi connectivity index (χ1) is 11.3. The molecule has 2 heterocycles. The zero-order chi connectivity index (χ0) is 15.6. The van der Waals surface area contributed by atoms with Crippen molar-refractivity contribution < 1.29 is 4.74 Å². The normalized spacial score (nSPS) is 13.5. The van der Waals surface area contributed by atoms with Gasteiger partial charge in [-0.05, 0) is 24.3 Å². The van der Waals surface area contributed by atoms with Crippen LogP contribution in [0.15, 0.2) is 60.7 Å². The van der Waals surface area contributed by atoms with Gasteiger partial charge in [-0.2, -0.15) is 5.10 Å². The van der Waals surface area contributed by atoms with E-state index in [0.29, 0.717) is 12.4 Å². The van der Waals surface area contributed by atoms with Crippen molar-refractivity contribution in [3.05, 3.63) is 66.4 Å². The van der Waals surface area contributed by atoms with Crippen LogP contribution >= 0.6 is 0 Å². The minimum absolute atomic E-state index is 0.533. The molecule has 2 aromatic carbocycles. The maximum Gasteiger partial charge on any atom is 0.146 e. The molecular weight excluding hydrogens is 288 g/mol. The molecule has 0 spiro atoms. The Morgan fingerprint density at radius 2 is 1.83 bits per heavy atom. The lowest BCUT2D eigenvalue weighted by Gasteiger charge is -2.31. The molecule has 0 fully saturated rings. The van der Waals surface area contributed by atoms with Crippen LogP contribution in [0.5, 0.6) is 5.75 Å². The summed E-state index contributed by atoms with van der Waals surface area (Å²) < 4.78 is 7.63. The Bertz CT molecular complexity index is 813. The monoisotopic (exact) mass is 306 g/mol. The van der Waals surface area contributed by atoms with Crippen LogP contribution in [-0.2, 0) is 6.54 Å². The molecule has 4 rings (SSSR count). The van der Waals surface area contributed by atoms with Gasteiger partial charge in [0, 0.05) is 6.07 Å². The van der Waals surface area contributed by atoms with E-state index in [1.807, 2.05) is 59.3 Å². The Morgan fingerprint density at radius 3 is 2.70 bits per heavy atom. The Morgan fingerprint density at radius 1 is 1.04 bits per heavy atom. The third kappa shape index (κ3) is 2.61. The number of nitrogens with two attached hydrogens (primary N) is 1. The molecule has 0 atom stereocenters. The third-order valence-electron chi connectivity index (χ3n) is 3.98. The first-order valence-electron chi connectivity index (χ1n) is 7.68. The van der Waals surface area contributed by atoms with Gasteiger partial charge in [-0.3, -0.25) is 0 Å². The van der Waals surface area contributed by atoms with Crippen molar-refractivity contribution in [1.82, 2.24) is 9.78 Å². The van der Waals surface area contributed by atoms with E-state index < -0.39 is 0 Å². The predicted octanol–water partition coefficient (Wildman–Crippen LogP) is 2.85. The summed E-state index contributed by atoms with van der Waals surface area (Å²) in [5.41, 5.74) is 9.13. The van der Waals surface area contributed by atoms with Crippen molar-refractivity contribution in [2.24, 2.45) is 0 Å². The molecule has 23 heavy (non-hydrogen) atoms. The lowest BCUT2D eigenvalue weighted by Crippen LogP contribution is -2.32. The molecule has 0 saturated heterocycles. The molecule has 0 amide bonds. The van der Waals surface area contributed by atoms with E-state index >= 15 is 0 Å². The second-order valence-electron chi connectivity index (χ2n) is 5.55. The number of anilines is 2. The van der Waals surface area contributed by atoms with Crippen molar-refractivity contribution in [2.75, 3.05) is 23.8 Å². The molecule has 116 valence electrons. The highest BCUT2D eigenvalue weighted by Gasteiger charge is 2.19. The number of hydrogen-bond donors (Lipinski definition) is 1. The van der Waals surface area contributed by atoms with Crippen LogP contribution in [-0.4, -0.2) is 22.9 Å². The second-order valence-corrected chi connectivity index (χ2v) is 5.55. The number of nitrogens with zero attached hydrogens (tertiary/aromatic N) is 3. The molecule has 0 bridgehead atoms. The zero-order valence-corrected chi connectivity index (χ0v) is 12.7. The number of benzene rings is 2. The van der Waals surface area contributed by atoms with E-state index in [2.05, 4.69) is 16.1 Å². The van der Waals surface area contributed by atoms with Gasteiger partial charge >= 0.3 is 0 Å². The van der Waals surface area contributed by atoms with E-state index in [-0.39, 0.29) is 0 Å². The fraction of sp³-hybridized carbons (Fsp3) is 0.167. The molecule has 0 radical (unpaired) electrons. The highest BCUT2D eigenvalue weighted by molar-refractivity contribution is 5.60. The molecule has 3 aromatic rings. The summed E-state index contributed by atoms with van der Waals surface area (Å²) in [6.07, 6.45) is 0. The summed E-state index contributed by atoms with van der Waals surface area (Å²) in [5.74, 6) is 1.46. The summed E-state index contributed by atoms with van der Waals surface area (Å²) in [5, 5.41) is 4.44. The van der Waals surface area contributed by atoms with E-state index in [0.717, 1.165) is 35.9 Å². The molecule has 0 unspecified atom stereocenters. The van der Waals surface area contributed by atoms with E-state index in [4.69, 9.17) is 10.5 Å². The minimum Gasteiger partial charge on any atom is -0.490 e. The van der Waals surface area contributed by atoms with Crippen LogP contribution in [0.25, 0.3) is 5.69 Å². The van der Waals surface area contributed by atoms with Crippen LogP contribution in [0.1, 0.15) is 5.69 Å². The number of hydrogen-bond acceptors (Lipinski definition) is 4. The lowest BCUT2D eigenvalue weighted by atomic mass is 10.2. The Labute approximate surface area is 134 Å². The van der Waals surface area contributed by atoms with Crippen molar-refractivity contribution in [3.63, 3.8) is 0 Å². The molecule has 5 heteroatoms. The lowest BCUT2D eigenvalue weighted by molar-refractivity contribution is 0.306. The quantitative estimate of drug-likeness (QED) is 0.808. The first kappa shape index (κ1) is 13.7. The number of rotatable bonds is 3. The maximum atomic E-state index is 5.94.